The van der Waals surface area contributed by atoms with Crippen molar-refractivity contribution in [2.45, 2.75) is 25.4 Å². The second kappa shape index (κ2) is 7.07. The molecule has 4 nitrogen and oxygen atoms in total. The van der Waals surface area contributed by atoms with Gasteiger partial charge in [0.15, 0.2) is 0 Å². The molecule has 1 aliphatic rings. The van der Waals surface area contributed by atoms with Crippen LogP contribution in [0.3, 0.4) is 0 Å². The van der Waals surface area contributed by atoms with Gasteiger partial charge in [0.2, 0.25) is 0 Å². The van der Waals surface area contributed by atoms with Crippen molar-refractivity contribution in [2.24, 2.45) is 5.92 Å². The van der Waals surface area contributed by atoms with Gasteiger partial charge in [-0.05, 0) is 25.5 Å². The third-order valence-corrected chi connectivity index (χ3v) is 4.14. The van der Waals surface area contributed by atoms with Gasteiger partial charge in [0, 0.05) is 25.1 Å². The number of aliphatic hydroxyl groups is 1. The quantitative estimate of drug-likeness (QED) is 0.781. The smallest absolute Gasteiger partial charge is 0.125 e. The number of hydrogen-bond donors (Lipinski definition) is 2. The van der Waals surface area contributed by atoms with E-state index >= 15 is 0 Å². The Kier molecular flexibility index (Phi) is 5.40. The van der Waals surface area contributed by atoms with E-state index in [-0.39, 0.29) is 5.92 Å². The first-order valence-corrected chi connectivity index (χ1v) is 7.36. The number of nitrogens with one attached hydrogen (secondary N) is 1. The van der Waals surface area contributed by atoms with E-state index in [9.17, 15) is 5.11 Å². The van der Waals surface area contributed by atoms with Crippen LogP contribution in [0.2, 0.25) is 0 Å². The first kappa shape index (κ1) is 15.3. The number of methoxy groups -OCH3 is 1. The first-order valence-electron chi connectivity index (χ1n) is 7.36. The summed E-state index contributed by atoms with van der Waals surface area (Å²) in [5.41, 5.74) is 0.105. The van der Waals surface area contributed by atoms with Crippen molar-refractivity contribution in [3.05, 3.63) is 29.8 Å². The van der Waals surface area contributed by atoms with Crippen molar-refractivity contribution in [3.63, 3.8) is 0 Å². The van der Waals surface area contributed by atoms with Gasteiger partial charge in [0.25, 0.3) is 0 Å². The van der Waals surface area contributed by atoms with E-state index < -0.39 is 5.60 Å². The fourth-order valence-corrected chi connectivity index (χ4v) is 2.95. The maximum absolute atomic E-state index is 11.2. The molecule has 2 rings (SSSR count). The van der Waals surface area contributed by atoms with Gasteiger partial charge in [-0.15, -0.1) is 0 Å². The molecule has 2 unspecified atom stereocenters. The molecule has 0 spiro atoms. The average molecular weight is 279 g/mol. The molecule has 0 aromatic heterocycles. The summed E-state index contributed by atoms with van der Waals surface area (Å²) < 4.78 is 10.8. The zero-order valence-electron chi connectivity index (χ0n) is 12.4. The highest BCUT2D eigenvalue weighted by atomic mass is 16.5. The molecule has 0 amide bonds. The van der Waals surface area contributed by atoms with E-state index in [0.717, 1.165) is 37.2 Å². The molecule has 0 bridgehead atoms. The van der Waals surface area contributed by atoms with E-state index in [4.69, 9.17) is 9.47 Å². The molecule has 2 atom stereocenters. The SMILES string of the molecule is CCC1CNCCC1(O)c1ccccc1OCCOC. The molecule has 4 heteroatoms. The van der Waals surface area contributed by atoms with Crippen LogP contribution < -0.4 is 10.1 Å². The summed E-state index contributed by atoms with van der Waals surface area (Å²) in [6, 6.07) is 7.82. The Bertz CT molecular complexity index is 424. The summed E-state index contributed by atoms with van der Waals surface area (Å²) >= 11 is 0. The third kappa shape index (κ3) is 3.14. The molecule has 112 valence electrons. The zero-order valence-corrected chi connectivity index (χ0v) is 12.4. The van der Waals surface area contributed by atoms with E-state index in [1.165, 1.54) is 0 Å². The molecule has 1 aliphatic heterocycles. The minimum atomic E-state index is -0.802. The van der Waals surface area contributed by atoms with Gasteiger partial charge in [-0.25, -0.2) is 0 Å². The van der Waals surface area contributed by atoms with Crippen molar-refractivity contribution in [3.8, 4) is 5.75 Å². The van der Waals surface area contributed by atoms with Gasteiger partial charge in [0.05, 0.1) is 12.2 Å². The molecule has 1 heterocycles. The molecule has 1 fully saturated rings. The predicted octanol–water partition coefficient (Wildman–Crippen LogP) is 1.92. The summed E-state index contributed by atoms with van der Waals surface area (Å²) in [6.07, 6.45) is 1.66. The molecule has 20 heavy (non-hydrogen) atoms. The lowest BCUT2D eigenvalue weighted by molar-refractivity contribution is -0.0499. The first-order chi connectivity index (χ1) is 9.72. The van der Waals surface area contributed by atoms with Gasteiger partial charge in [-0.2, -0.15) is 0 Å². The number of rotatable bonds is 6. The second-order valence-electron chi connectivity index (χ2n) is 5.32. The van der Waals surface area contributed by atoms with E-state index in [2.05, 4.69) is 12.2 Å². The normalized spacial score (nSPS) is 26.4. The summed E-state index contributed by atoms with van der Waals surface area (Å²) in [7, 11) is 1.66. The molecular formula is C16H25NO3. The van der Waals surface area contributed by atoms with Gasteiger partial charge >= 0.3 is 0 Å². The Labute approximate surface area is 121 Å². The van der Waals surface area contributed by atoms with Crippen LogP contribution in [0.4, 0.5) is 0 Å². The second-order valence-corrected chi connectivity index (χ2v) is 5.32. The van der Waals surface area contributed by atoms with Crippen LogP contribution in [-0.2, 0) is 10.3 Å². The van der Waals surface area contributed by atoms with Crippen molar-refractivity contribution < 1.29 is 14.6 Å². The predicted molar refractivity (Wildman–Crippen MR) is 79.0 cm³/mol. The molecule has 0 saturated carbocycles. The minimum absolute atomic E-state index is 0.212. The van der Waals surface area contributed by atoms with Crippen LogP contribution >= 0.6 is 0 Å². The largest absolute Gasteiger partial charge is 0.491 e. The molecule has 1 aromatic rings. The van der Waals surface area contributed by atoms with Gasteiger partial charge < -0.3 is 19.9 Å². The monoisotopic (exact) mass is 279 g/mol. The van der Waals surface area contributed by atoms with Crippen molar-refractivity contribution >= 4 is 0 Å². The van der Waals surface area contributed by atoms with Crippen LogP contribution in [0.15, 0.2) is 24.3 Å². The summed E-state index contributed by atoms with van der Waals surface area (Å²) in [4.78, 5) is 0. The van der Waals surface area contributed by atoms with Crippen LogP contribution in [0, 0.1) is 5.92 Å². The topological polar surface area (TPSA) is 50.7 Å². The van der Waals surface area contributed by atoms with E-state index in [1.807, 2.05) is 24.3 Å². The Morgan fingerprint density at radius 3 is 2.90 bits per heavy atom. The lowest BCUT2D eigenvalue weighted by Gasteiger charge is -2.41. The maximum atomic E-state index is 11.2. The Balaban J connectivity index is 2.25. The van der Waals surface area contributed by atoms with Crippen molar-refractivity contribution in [2.75, 3.05) is 33.4 Å². The lowest BCUT2D eigenvalue weighted by atomic mass is 9.75. The summed E-state index contributed by atoms with van der Waals surface area (Å²) in [5, 5.41) is 14.6. The van der Waals surface area contributed by atoms with Crippen LogP contribution in [0.1, 0.15) is 25.3 Å². The molecular weight excluding hydrogens is 254 g/mol. The number of piperidine rings is 1. The van der Waals surface area contributed by atoms with Gasteiger partial charge in [-0.3, -0.25) is 0 Å². The Morgan fingerprint density at radius 2 is 2.15 bits per heavy atom. The number of ether oxygens (including phenoxy) is 2. The molecule has 1 saturated heterocycles. The number of benzene rings is 1. The number of para-hydroxylation sites is 1. The van der Waals surface area contributed by atoms with E-state index in [1.54, 1.807) is 7.11 Å². The Morgan fingerprint density at radius 1 is 1.35 bits per heavy atom. The highest BCUT2D eigenvalue weighted by molar-refractivity contribution is 5.39. The summed E-state index contributed by atoms with van der Waals surface area (Å²) in [6.45, 7) is 4.85. The van der Waals surface area contributed by atoms with E-state index in [0.29, 0.717) is 13.2 Å². The van der Waals surface area contributed by atoms with Crippen molar-refractivity contribution in [1.82, 2.24) is 5.32 Å². The van der Waals surface area contributed by atoms with Gasteiger partial charge in [-0.1, -0.05) is 25.1 Å². The lowest BCUT2D eigenvalue weighted by Crippen LogP contribution is -2.48. The molecule has 1 aromatic carbocycles. The summed E-state index contributed by atoms with van der Waals surface area (Å²) in [5.74, 6) is 0.982. The van der Waals surface area contributed by atoms with Crippen LogP contribution in [0.5, 0.6) is 5.75 Å². The molecule has 2 N–H and O–H groups in total. The third-order valence-electron chi connectivity index (χ3n) is 4.14. The van der Waals surface area contributed by atoms with Crippen molar-refractivity contribution in [1.29, 1.82) is 0 Å². The minimum Gasteiger partial charge on any atom is -0.491 e. The van der Waals surface area contributed by atoms with Crippen LogP contribution in [-0.4, -0.2) is 38.5 Å². The fourth-order valence-electron chi connectivity index (χ4n) is 2.95. The fraction of sp³-hybridized carbons (Fsp3) is 0.625. The maximum Gasteiger partial charge on any atom is 0.125 e. The highest BCUT2D eigenvalue weighted by Gasteiger charge is 2.41. The number of hydrogen-bond acceptors (Lipinski definition) is 4. The molecule has 0 aliphatic carbocycles. The zero-order chi connectivity index (χ0) is 14.4. The standard InChI is InChI=1S/C16H25NO3/c1-3-13-12-17-9-8-16(13,18)14-6-4-5-7-15(14)20-11-10-19-2/h4-7,13,17-18H,3,8-12H2,1-2H3. The average Bonchev–Trinajstić information content (AvgIpc) is 2.48. The van der Waals surface area contributed by atoms with Gasteiger partial charge in [0.1, 0.15) is 12.4 Å². The molecule has 0 radical (unpaired) electrons. The highest BCUT2D eigenvalue weighted by Crippen LogP contribution is 2.41. The van der Waals surface area contributed by atoms with Crippen LogP contribution in [0.25, 0.3) is 0 Å². The Hall–Kier alpha value is -1.10.